The van der Waals surface area contributed by atoms with Gasteiger partial charge in [0.25, 0.3) is 0 Å². The number of carbonyl (C=O) groups excluding carboxylic acids is 1. The van der Waals surface area contributed by atoms with Crippen LogP contribution in [0.15, 0.2) is 18.2 Å². The molecule has 0 spiro atoms. The zero-order valence-corrected chi connectivity index (χ0v) is 9.24. The lowest BCUT2D eigenvalue weighted by atomic mass is 10.1. The first-order chi connectivity index (χ1) is 7.74. The third-order valence-corrected chi connectivity index (χ3v) is 2.46. The average molecular weight is 222 g/mol. The normalized spacial score (nSPS) is 18.4. The molecular formula is C11H14N2O3. The molecule has 1 unspecified atom stereocenters. The third kappa shape index (κ3) is 1.94. The molecule has 1 aromatic carbocycles. The number of nitrogens with one attached hydrogen (secondary N) is 2. The van der Waals surface area contributed by atoms with Crippen molar-refractivity contribution in [2.24, 2.45) is 0 Å². The lowest BCUT2D eigenvalue weighted by Gasteiger charge is -2.26. The standard InChI is InChI=1S/C11H14N2O3/c1-15-6-10-11(14)13-9-5-7(16-2)3-4-8(9)12-10/h3-5,10,12H,6H2,1-2H3,(H,13,14). The highest BCUT2D eigenvalue weighted by Gasteiger charge is 2.25. The minimum Gasteiger partial charge on any atom is -0.497 e. The Labute approximate surface area is 93.7 Å². The van der Waals surface area contributed by atoms with E-state index in [0.29, 0.717) is 12.4 Å². The summed E-state index contributed by atoms with van der Waals surface area (Å²) in [6.45, 7) is 0.345. The maximum absolute atomic E-state index is 11.7. The van der Waals surface area contributed by atoms with Gasteiger partial charge in [-0.3, -0.25) is 4.79 Å². The molecule has 1 aliphatic rings. The van der Waals surface area contributed by atoms with Crippen molar-refractivity contribution in [2.75, 3.05) is 31.5 Å². The molecule has 16 heavy (non-hydrogen) atoms. The quantitative estimate of drug-likeness (QED) is 0.803. The molecule has 5 nitrogen and oxygen atoms in total. The number of benzene rings is 1. The molecule has 1 amide bonds. The minimum absolute atomic E-state index is 0.0948. The van der Waals surface area contributed by atoms with Gasteiger partial charge in [-0.1, -0.05) is 0 Å². The van der Waals surface area contributed by atoms with Crippen molar-refractivity contribution in [1.82, 2.24) is 0 Å². The van der Waals surface area contributed by atoms with Crippen LogP contribution in [-0.2, 0) is 9.53 Å². The van der Waals surface area contributed by atoms with Gasteiger partial charge in [0.15, 0.2) is 0 Å². The Bertz CT molecular complexity index is 406. The number of rotatable bonds is 3. The van der Waals surface area contributed by atoms with Crippen LogP contribution in [0.5, 0.6) is 5.75 Å². The highest BCUT2D eigenvalue weighted by molar-refractivity contribution is 6.03. The Balaban J connectivity index is 2.24. The Hall–Kier alpha value is -1.75. The molecule has 1 heterocycles. The van der Waals surface area contributed by atoms with Gasteiger partial charge in [-0.25, -0.2) is 0 Å². The summed E-state index contributed by atoms with van der Waals surface area (Å²) in [5.74, 6) is 0.619. The third-order valence-electron chi connectivity index (χ3n) is 2.46. The molecule has 0 saturated heterocycles. The van der Waals surface area contributed by atoms with E-state index < -0.39 is 0 Å². The summed E-state index contributed by atoms with van der Waals surface area (Å²) >= 11 is 0. The highest BCUT2D eigenvalue weighted by Crippen LogP contribution is 2.30. The molecule has 0 radical (unpaired) electrons. The van der Waals surface area contributed by atoms with Gasteiger partial charge in [0.2, 0.25) is 5.91 Å². The van der Waals surface area contributed by atoms with E-state index in [-0.39, 0.29) is 11.9 Å². The van der Waals surface area contributed by atoms with E-state index >= 15 is 0 Å². The van der Waals surface area contributed by atoms with Gasteiger partial charge in [-0.2, -0.15) is 0 Å². The van der Waals surface area contributed by atoms with E-state index in [1.165, 1.54) is 0 Å². The Morgan fingerprint density at radius 1 is 1.31 bits per heavy atom. The van der Waals surface area contributed by atoms with Crippen LogP contribution in [0.4, 0.5) is 11.4 Å². The van der Waals surface area contributed by atoms with Crippen molar-refractivity contribution < 1.29 is 14.3 Å². The highest BCUT2D eigenvalue weighted by atomic mass is 16.5. The summed E-state index contributed by atoms with van der Waals surface area (Å²) in [5, 5.41) is 5.91. The Morgan fingerprint density at radius 3 is 2.81 bits per heavy atom. The van der Waals surface area contributed by atoms with Gasteiger partial charge in [0, 0.05) is 13.2 Å². The van der Waals surface area contributed by atoms with Crippen LogP contribution in [0.25, 0.3) is 0 Å². The molecule has 5 heteroatoms. The molecule has 86 valence electrons. The first-order valence-electron chi connectivity index (χ1n) is 4.99. The topological polar surface area (TPSA) is 59.6 Å². The maximum Gasteiger partial charge on any atom is 0.249 e. The Morgan fingerprint density at radius 2 is 2.12 bits per heavy atom. The lowest BCUT2D eigenvalue weighted by Crippen LogP contribution is -2.41. The van der Waals surface area contributed by atoms with Crippen LogP contribution >= 0.6 is 0 Å². The van der Waals surface area contributed by atoms with Gasteiger partial charge < -0.3 is 20.1 Å². The lowest BCUT2D eigenvalue weighted by molar-refractivity contribution is -0.118. The van der Waals surface area contributed by atoms with E-state index in [1.807, 2.05) is 12.1 Å². The average Bonchev–Trinajstić information content (AvgIpc) is 2.30. The maximum atomic E-state index is 11.7. The minimum atomic E-state index is -0.342. The van der Waals surface area contributed by atoms with E-state index in [9.17, 15) is 4.79 Å². The first kappa shape index (κ1) is 10.8. The van der Waals surface area contributed by atoms with Crippen molar-refractivity contribution in [1.29, 1.82) is 0 Å². The number of hydrogen-bond donors (Lipinski definition) is 2. The molecule has 0 fully saturated rings. The summed E-state index contributed by atoms with van der Waals surface area (Å²) in [6, 6.07) is 5.15. The number of anilines is 2. The van der Waals surface area contributed by atoms with Crippen LogP contribution in [0.2, 0.25) is 0 Å². The van der Waals surface area contributed by atoms with E-state index in [4.69, 9.17) is 9.47 Å². The van der Waals surface area contributed by atoms with Gasteiger partial charge in [-0.05, 0) is 12.1 Å². The number of carbonyl (C=O) groups is 1. The second-order valence-electron chi connectivity index (χ2n) is 3.55. The van der Waals surface area contributed by atoms with Gasteiger partial charge in [0.1, 0.15) is 11.8 Å². The second-order valence-corrected chi connectivity index (χ2v) is 3.55. The molecule has 0 bridgehead atoms. The molecular weight excluding hydrogens is 208 g/mol. The van der Waals surface area contributed by atoms with Crippen molar-refractivity contribution in [3.63, 3.8) is 0 Å². The predicted octanol–water partition coefficient (Wildman–Crippen LogP) is 1.07. The molecule has 2 rings (SSSR count). The van der Waals surface area contributed by atoms with Crippen LogP contribution in [0.1, 0.15) is 0 Å². The van der Waals surface area contributed by atoms with Crippen molar-refractivity contribution >= 4 is 17.3 Å². The summed E-state index contributed by atoms with van der Waals surface area (Å²) < 4.78 is 10.0. The zero-order chi connectivity index (χ0) is 11.5. The molecule has 0 aliphatic carbocycles. The summed E-state index contributed by atoms with van der Waals surface area (Å²) in [7, 11) is 3.16. The summed E-state index contributed by atoms with van der Waals surface area (Å²) in [6.07, 6.45) is 0. The van der Waals surface area contributed by atoms with Crippen molar-refractivity contribution in [3.05, 3.63) is 18.2 Å². The smallest absolute Gasteiger partial charge is 0.249 e. The van der Waals surface area contributed by atoms with Crippen LogP contribution < -0.4 is 15.4 Å². The molecule has 1 atom stereocenters. The van der Waals surface area contributed by atoms with Crippen molar-refractivity contribution in [2.45, 2.75) is 6.04 Å². The van der Waals surface area contributed by atoms with Crippen LogP contribution in [0.3, 0.4) is 0 Å². The van der Waals surface area contributed by atoms with Gasteiger partial charge in [-0.15, -0.1) is 0 Å². The Kier molecular flexibility index (Phi) is 2.96. The summed E-state index contributed by atoms with van der Waals surface area (Å²) in [4.78, 5) is 11.7. The van der Waals surface area contributed by atoms with Crippen molar-refractivity contribution in [3.8, 4) is 5.75 Å². The zero-order valence-electron chi connectivity index (χ0n) is 9.24. The molecule has 0 saturated carbocycles. The fraction of sp³-hybridized carbons (Fsp3) is 0.364. The number of hydrogen-bond acceptors (Lipinski definition) is 4. The number of methoxy groups -OCH3 is 2. The number of ether oxygens (including phenoxy) is 2. The fourth-order valence-electron chi connectivity index (χ4n) is 1.64. The second kappa shape index (κ2) is 4.40. The first-order valence-corrected chi connectivity index (χ1v) is 4.99. The molecule has 2 N–H and O–H groups in total. The molecule has 1 aromatic rings. The number of fused-ring (bicyclic) bond motifs is 1. The fourth-order valence-corrected chi connectivity index (χ4v) is 1.64. The SMILES string of the molecule is COCC1Nc2ccc(OC)cc2NC1=O. The van der Waals surface area contributed by atoms with Crippen LogP contribution in [0, 0.1) is 0 Å². The van der Waals surface area contributed by atoms with E-state index in [1.54, 1.807) is 20.3 Å². The molecule has 1 aliphatic heterocycles. The monoisotopic (exact) mass is 222 g/mol. The van der Waals surface area contributed by atoms with E-state index in [2.05, 4.69) is 10.6 Å². The van der Waals surface area contributed by atoms with E-state index in [0.717, 1.165) is 11.4 Å². The predicted molar refractivity (Wildman–Crippen MR) is 60.9 cm³/mol. The molecule has 0 aromatic heterocycles. The largest absolute Gasteiger partial charge is 0.497 e. The summed E-state index contributed by atoms with van der Waals surface area (Å²) in [5.41, 5.74) is 1.61. The van der Waals surface area contributed by atoms with Gasteiger partial charge in [0.05, 0.1) is 25.1 Å². The van der Waals surface area contributed by atoms with Gasteiger partial charge >= 0.3 is 0 Å². The number of amides is 1. The van der Waals surface area contributed by atoms with Crippen LogP contribution in [-0.4, -0.2) is 32.8 Å².